The summed E-state index contributed by atoms with van der Waals surface area (Å²) in [5.74, 6) is -1.16. The number of carbonyl (C=O) groups is 1. The first-order valence-electron chi connectivity index (χ1n) is 6.78. The molecule has 8 nitrogen and oxygen atoms in total. The third-order valence-corrected chi connectivity index (χ3v) is 3.68. The molecule has 0 amide bonds. The molecule has 2 heterocycles. The zero-order valence-corrected chi connectivity index (χ0v) is 12.3. The van der Waals surface area contributed by atoms with Crippen LogP contribution < -0.4 is 0 Å². The summed E-state index contributed by atoms with van der Waals surface area (Å²) in [6, 6.07) is 0. The number of rotatable bonds is 6. The Kier molecular flexibility index (Phi) is 4.08. The quantitative estimate of drug-likeness (QED) is 0.820. The zero-order chi connectivity index (χ0) is 15.6. The summed E-state index contributed by atoms with van der Waals surface area (Å²) < 4.78 is 3.01. The van der Waals surface area contributed by atoms with Crippen molar-refractivity contribution in [1.29, 1.82) is 0 Å². The van der Waals surface area contributed by atoms with Crippen LogP contribution in [0.1, 0.15) is 37.2 Å². The molecule has 0 atom stereocenters. The molecule has 0 spiro atoms. The minimum atomic E-state index is -1.16. The van der Waals surface area contributed by atoms with Crippen molar-refractivity contribution in [3.63, 3.8) is 0 Å². The first-order valence-corrected chi connectivity index (χ1v) is 6.78. The molecule has 114 valence electrons. The Morgan fingerprint density at radius 3 is 2.52 bits per heavy atom. The zero-order valence-electron chi connectivity index (χ0n) is 12.3. The Balaban J connectivity index is 2.50. The lowest BCUT2D eigenvalue weighted by Gasteiger charge is -2.25. The number of hydrogen-bond donors (Lipinski definition) is 2. The molecule has 0 saturated carbocycles. The Labute approximate surface area is 122 Å². The first kappa shape index (κ1) is 15.2. The second-order valence-electron chi connectivity index (χ2n) is 5.08. The van der Waals surface area contributed by atoms with Gasteiger partial charge < -0.3 is 10.2 Å². The molecular formula is C13H19N5O3. The number of aliphatic hydroxyl groups is 1. The molecule has 0 aliphatic rings. The van der Waals surface area contributed by atoms with Crippen LogP contribution in [0.4, 0.5) is 0 Å². The lowest BCUT2D eigenvalue weighted by molar-refractivity contribution is 0.0118. The van der Waals surface area contributed by atoms with Crippen molar-refractivity contribution in [2.24, 2.45) is 7.05 Å². The maximum atomic E-state index is 11.3. The summed E-state index contributed by atoms with van der Waals surface area (Å²) >= 11 is 0. The van der Waals surface area contributed by atoms with Crippen molar-refractivity contribution in [2.75, 3.05) is 0 Å². The number of hydrogen-bond acceptors (Lipinski definition) is 5. The molecule has 8 heteroatoms. The number of nitrogens with zero attached hydrogens (tertiary/aromatic N) is 5. The largest absolute Gasteiger partial charge is 0.476 e. The van der Waals surface area contributed by atoms with Crippen LogP contribution in [0.5, 0.6) is 0 Å². The topological polar surface area (TPSA) is 106 Å². The molecule has 0 aromatic carbocycles. The molecule has 2 aromatic heterocycles. The number of carboxylic acid groups (broad SMARTS) is 1. The fourth-order valence-electron chi connectivity index (χ4n) is 2.15. The minimum absolute atomic E-state index is 0.141. The SMILES string of the molecule is CCC(O)(CC)Cn1nnc(C(=O)O)c1-c1cnn(C)c1. The van der Waals surface area contributed by atoms with Gasteiger partial charge in [-0.15, -0.1) is 5.10 Å². The molecule has 21 heavy (non-hydrogen) atoms. The predicted molar refractivity (Wildman–Crippen MR) is 74.7 cm³/mol. The third kappa shape index (κ3) is 2.94. The standard InChI is InChI=1S/C13H19N5O3/c1-4-13(21,5-2)8-18-11(9-6-14-17(3)7-9)10(12(19)20)15-16-18/h6-7,21H,4-5,8H2,1-3H3,(H,19,20). The van der Waals surface area contributed by atoms with E-state index in [0.717, 1.165) is 0 Å². The van der Waals surface area contributed by atoms with Crippen LogP contribution in [0.2, 0.25) is 0 Å². The van der Waals surface area contributed by atoms with Gasteiger partial charge in [0.1, 0.15) is 5.69 Å². The Hall–Kier alpha value is -2.22. The molecule has 0 aliphatic carbocycles. The third-order valence-electron chi connectivity index (χ3n) is 3.68. The second-order valence-corrected chi connectivity index (χ2v) is 5.08. The van der Waals surface area contributed by atoms with Crippen LogP contribution in [0.3, 0.4) is 0 Å². The van der Waals surface area contributed by atoms with Gasteiger partial charge in [-0.3, -0.25) is 4.68 Å². The summed E-state index contributed by atoms with van der Waals surface area (Å²) in [5, 5.41) is 31.4. The van der Waals surface area contributed by atoms with Gasteiger partial charge in [0.2, 0.25) is 0 Å². The van der Waals surface area contributed by atoms with Gasteiger partial charge in [-0.05, 0) is 12.8 Å². The fraction of sp³-hybridized carbons (Fsp3) is 0.538. The van der Waals surface area contributed by atoms with E-state index in [-0.39, 0.29) is 12.2 Å². The van der Waals surface area contributed by atoms with Gasteiger partial charge in [0.15, 0.2) is 5.69 Å². The Bertz CT molecular complexity index is 642. The molecular weight excluding hydrogens is 274 g/mol. The van der Waals surface area contributed by atoms with Gasteiger partial charge >= 0.3 is 5.97 Å². The maximum Gasteiger partial charge on any atom is 0.358 e. The molecule has 0 saturated heterocycles. The lowest BCUT2D eigenvalue weighted by Crippen LogP contribution is -2.33. The highest BCUT2D eigenvalue weighted by Gasteiger charge is 2.28. The van der Waals surface area contributed by atoms with Crippen LogP contribution in [0, 0.1) is 0 Å². The maximum absolute atomic E-state index is 11.3. The number of aromatic nitrogens is 5. The summed E-state index contributed by atoms with van der Waals surface area (Å²) in [7, 11) is 1.74. The van der Waals surface area contributed by atoms with Crippen LogP contribution in [0.15, 0.2) is 12.4 Å². The van der Waals surface area contributed by atoms with Crippen molar-refractivity contribution in [3.8, 4) is 11.3 Å². The van der Waals surface area contributed by atoms with Crippen molar-refractivity contribution in [2.45, 2.75) is 38.8 Å². The molecule has 2 rings (SSSR count). The van der Waals surface area contributed by atoms with Crippen LogP contribution in [-0.2, 0) is 13.6 Å². The summed E-state index contributed by atoms with van der Waals surface area (Å²) in [4.78, 5) is 11.3. The predicted octanol–water partition coefficient (Wildman–Crippen LogP) is 0.928. The van der Waals surface area contributed by atoms with E-state index in [1.165, 1.54) is 4.68 Å². The molecule has 0 unspecified atom stereocenters. The van der Waals surface area contributed by atoms with Crippen LogP contribution >= 0.6 is 0 Å². The molecule has 0 aliphatic heterocycles. The number of aryl methyl sites for hydroxylation is 1. The van der Waals surface area contributed by atoms with E-state index in [0.29, 0.717) is 24.1 Å². The number of aromatic carboxylic acids is 1. The van der Waals surface area contributed by atoms with Gasteiger partial charge in [0, 0.05) is 18.8 Å². The highest BCUT2D eigenvalue weighted by Crippen LogP contribution is 2.25. The fourth-order valence-corrected chi connectivity index (χ4v) is 2.15. The first-order chi connectivity index (χ1) is 9.90. The Morgan fingerprint density at radius 2 is 2.05 bits per heavy atom. The van der Waals surface area contributed by atoms with Gasteiger partial charge in [-0.25, -0.2) is 9.48 Å². The van der Waals surface area contributed by atoms with Crippen LogP contribution in [0.25, 0.3) is 11.3 Å². The van der Waals surface area contributed by atoms with E-state index in [9.17, 15) is 15.0 Å². The molecule has 0 bridgehead atoms. The van der Waals surface area contributed by atoms with Gasteiger partial charge in [0.05, 0.1) is 18.3 Å². The van der Waals surface area contributed by atoms with Crippen molar-refractivity contribution in [1.82, 2.24) is 24.8 Å². The molecule has 2 N–H and O–H groups in total. The lowest BCUT2D eigenvalue weighted by atomic mass is 9.97. The summed E-state index contributed by atoms with van der Waals surface area (Å²) in [6.07, 6.45) is 4.33. The molecule has 0 radical (unpaired) electrons. The van der Waals surface area contributed by atoms with E-state index in [2.05, 4.69) is 15.4 Å². The van der Waals surface area contributed by atoms with E-state index in [4.69, 9.17) is 0 Å². The normalized spacial score (nSPS) is 11.8. The summed E-state index contributed by atoms with van der Waals surface area (Å²) in [6.45, 7) is 3.94. The van der Waals surface area contributed by atoms with Crippen molar-refractivity contribution >= 4 is 5.97 Å². The van der Waals surface area contributed by atoms with Crippen LogP contribution in [-0.4, -0.2) is 46.6 Å². The van der Waals surface area contributed by atoms with Gasteiger partial charge in [-0.2, -0.15) is 5.10 Å². The molecule has 0 fully saturated rings. The highest BCUT2D eigenvalue weighted by molar-refractivity contribution is 5.92. The summed E-state index contributed by atoms with van der Waals surface area (Å²) in [5.41, 5.74) is -0.122. The number of carboxylic acids is 1. The van der Waals surface area contributed by atoms with E-state index >= 15 is 0 Å². The average Bonchev–Trinajstić information content (AvgIpc) is 3.04. The van der Waals surface area contributed by atoms with Gasteiger partial charge in [0.25, 0.3) is 0 Å². The Morgan fingerprint density at radius 1 is 1.38 bits per heavy atom. The minimum Gasteiger partial charge on any atom is -0.476 e. The average molecular weight is 293 g/mol. The van der Waals surface area contributed by atoms with E-state index in [1.54, 1.807) is 24.1 Å². The molecule has 2 aromatic rings. The monoisotopic (exact) mass is 293 g/mol. The van der Waals surface area contributed by atoms with Gasteiger partial charge in [-0.1, -0.05) is 19.1 Å². The smallest absolute Gasteiger partial charge is 0.358 e. The van der Waals surface area contributed by atoms with E-state index in [1.807, 2.05) is 13.8 Å². The van der Waals surface area contributed by atoms with E-state index < -0.39 is 11.6 Å². The second kappa shape index (κ2) is 5.65. The highest BCUT2D eigenvalue weighted by atomic mass is 16.4. The van der Waals surface area contributed by atoms with Crippen molar-refractivity contribution in [3.05, 3.63) is 18.1 Å². The van der Waals surface area contributed by atoms with Crippen molar-refractivity contribution < 1.29 is 15.0 Å².